The predicted octanol–water partition coefficient (Wildman–Crippen LogP) is 1.79. The molecule has 5 nitrogen and oxygen atoms in total. The molecule has 0 saturated heterocycles. The molecule has 1 aromatic heterocycles. The normalized spacial score (nSPS) is 11.7. The molecule has 0 fully saturated rings. The molecule has 104 valence electrons. The van der Waals surface area contributed by atoms with Crippen molar-refractivity contribution in [2.24, 2.45) is 0 Å². The molecule has 0 radical (unpaired) electrons. The molecule has 1 amide bonds. The van der Waals surface area contributed by atoms with Gasteiger partial charge in [0.1, 0.15) is 6.04 Å². The number of ether oxygens (including phenoxy) is 1. The van der Waals surface area contributed by atoms with E-state index in [1.165, 1.54) is 19.4 Å². The largest absolute Gasteiger partial charge is 0.467 e. The first-order chi connectivity index (χ1) is 9.70. The van der Waals surface area contributed by atoms with Crippen molar-refractivity contribution in [3.63, 3.8) is 0 Å². The van der Waals surface area contributed by atoms with Gasteiger partial charge in [-0.25, -0.2) is 4.79 Å². The molecule has 0 unspecified atom stereocenters. The second-order valence-electron chi connectivity index (χ2n) is 4.22. The highest BCUT2D eigenvalue weighted by Gasteiger charge is 2.23. The number of hydrogen-bond acceptors (Lipinski definition) is 4. The van der Waals surface area contributed by atoms with Gasteiger partial charge in [-0.05, 0) is 17.7 Å². The van der Waals surface area contributed by atoms with Crippen LogP contribution in [0.1, 0.15) is 16.1 Å². The fourth-order valence-corrected chi connectivity index (χ4v) is 1.82. The van der Waals surface area contributed by atoms with Crippen LogP contribution in [0.5, 0.6) is 0 Å². The number of carbonyl (C=O) groups excluding carboxylic acids is 2. The van der Waals surface area contributed by atoms with Crippen LogP contribution in [0.4, 0.5) is 0 Å². The summed E-state index contributed by atoms with van der Waals surface area (Å²) in [4.78, 5) is 23.7. The molecular formula is C15H15NO4. The van der Waals surface area contributed by atoms with Crippen LogP contribution in [0.2, 0.25) is 0 Å². The third-order valence-electron chi connectivity index (χ3n) is 2.82. The van der Waals surface area contributed by atoms with Gasteiger partial charge in [-0.3, -0.25) is 4.79 Å². The van der Waals surface area contributed by atoms with Crippen molar-refractivity contribution in [3.8, 4) is 0 Å². The number of rotatable bonds is 5. The van der Waals surface area contributed by atoms with Crippen LogP contribution < -0.4 is 5.32 Å². The van der Waals surface area contributed by atoms with Crippen LogP contribution in [0, 0.1) is 0 Å². The summed E-state index contributed by atoms with van der Waals surface area (Å²) in [5.74, 6) is -0.776. The summed E-state index contributed by atoms with van der Waals surface area (Å²) in [6.07, 6.45) is 1.76. The highest BCUT2D eigenvalue weighted by molar-refractivity contribution is 5.94. The van der Waals surface area contributed by atoms with E-state index in [0.717, 1.165) is 5.56 Å². The molecule has 5 heteroatoms. The summed E-state index contributed by atoms with van der Waals surface area (Å²) in [5.41, 5.74) is 0.933. The summed E-state index contributed by atoms with van der Waals surface area (Å²) in [6.45, 7) is 0. The Labute approximate surface area is 116 Å². The average Bonchev–Trinajstić information content (AvgIpc) is 3.01. The fourth-order valence-electron chi connectivity index (χ4n) is 1.82. The lowest BCUT2D eigenvalue weighted by Gasteiger charge is -2.15. The molecule has 1 aromatic carbocycles. The van der Waals surface area contributed by atoms with E-state index in [0.29, 0.717) is 6.42 Å². The second kappa shape index (κ2) is 6.56. The van der Waals surface area contributed by atoms with Gasteiger partial charge < -0.3 is 14.5 Å². The zero-order valence-electron chi connectivity index (χ0n) is 11.0. The molecule has 0 bridgehead atoms. The maximum absolute atomic E-state index is 11.9. The Balaban J connectivity index is 2.08. The second-order valence-corrected chi connectivity index (χ2v) is 4.22. The molecule has 1 N–H and O–H groups in total. The quantitative estimate of drug-likeness (QED) is 0.843. The van der Waals surface area contributed by atoms with Crippen molar-refractivity contribution < 1.29 is 18.7 Å². The molecule has 2 rings (SSSR count). The van der Waals surface area contributed by atoms with Gasteiger partial charge in [-0.1, -0.05) is 30.3 Å². The first-order valence-electron chi connectivity index (χ1n) is 6.17. The number of nitrogens with one attached hydrogen (secondary N) is 1. The van der Waals surface area contributed by atoms with Gasteiger partial charge in [0.15, 0.2) is 5.76 Å². The average molecular weight is 273 g/mol. The fraction of sp³-hybridized carbons (Fsp3) is 0.200. The topological polar surface area (TPSA) is 68.5 Å². The smallest absolute Gasteiger partial charge is 0.328 e. The molecule has 0 spiro atoms. The number of benzene rings is 1. The van der Waals surface area contributed by atoms with E-state index in [-0.39, 0.29) is 5.76 Å². The van der Waals surface area contributed by atoms with Crippen LogP contribution in [0.3, 0.4) is 0 Å². The van der Waals surface area contributed by atoms with Gasteiger partial charge in [-0.2, -0.15) is 0 Å². The summed E-state index contributed by atoms with van der Waals surface area (Å²) in [7, 11) is 1.29. The maximum Gasteiger partial charge on any atom is 0.328 e. The van der Waals surface area contributed by atoms with Crippen molar-refractivity contribution in [2.75, 3.05) is 7.11 Å². The number of carbonyl (C=O) groups is 2. The highest BCUT2D eigenvalue weighted by atomic mass is 16.5. The van der Waals surface area contributed by atoms with E-state index in [1.54, 1.807) is 6.07 Å². The van der Waals surface area contributed by atoms with Gasteiger partial charge in [0.05, 0.1) is 13.4 Å². The van der Waals surface area contributed by atoms with E-state index < -0.39 is 17.9 Å². The third-order valence-corrected chi connectivity index (χ3v) is 2.82. The zero-order valence-corrected chi connectivity index (χ0v) is 11.0. The standard InChI is InChI=1S/C15H15NO4/c1-19-15(18)12(10-11-6-3-2-4-7-11)16-14(17)13-8-5-9-20-13/h2-9,12H,10H2,1H3,(H,16,17)/t12-/m0/s1. The molecule has 0 aliphatic heterocycles. The summed E-state index contributed by atoms with van der Waals surface area (Å²) >= 11 is 0. The van der Waals surface area contributed by atoms with Crippen LogP contribution in [-0.4, -0.2) is 25.0 Å². The third kappa shape index (κ3) is 3.47. The number of furan rings is 1. The molecule has 1 atom stereocenters. The Morgan fingerprint density at radius 1 is 1.20 bits per heavy atom. The molecular weight excluding hydrogens is 258 g/mol. The van der Waals surface area contributed by atoms with Gasteiger partial charge in [0.2, 0.25) is 0 Å². The van der Waals surface area contributed by atoms with Gasteiger partial charge in [0, 0.05) is 6.42 Å². The Hall–Kier alpha value is -2.56. The lowest BCUT2D eigenvalue weighted by atomic mass is 10.1. The van der Waals surface area contributed by atoms with E-state index in [9.17, 15) is 9.59 Å². The molecule has 20 heavy (non-hydrogen) atoms. The minimum Gasteiger partial charge on any atom is -0.467 e. The predicted molar refractivity (Wildman–Crippen MR) is 72.1 cm³/mol. The number of esters is 1. The first kappa shape index (κ1) is 13.9. The van der Waals surface area contributed by atoms with Crippen LogP contribution >= 0.6 is 0 Å². The molecule has 0 aliphatic rings. The number of hydrogen-bond donors (Lipinski definition) is 1. The van der Waals surface area contributed by atoms with Crippen molar-refractivity contribution >= 4 is 11.9 Å². The van der Waals surface area contributed by atoms with E-state index in [2.05, 4.69) is 5.32 Å². The Morgan fingerprint density at radius 3 is 2.55 bits per heavy atom. The SMILES string of the molecule is COC(=O)[C@H](Cc1ccccc1)NC(=O)c1ccco1. The van der Waals surface area contributed by atoms with Gasteiger partial charge in [0.25, 0.3) is 5.91 Å². The van der Waals surface area contributed by atoms with Gasteiger partial charge in [-0.15, -0.1) is 0 Å². The van der Waals surface area contributed by atoms with E-state index >= 15 is 0 Å². The Bertz CT molecular complexity index is 563. The summed E-state index contributed by atoms with van der Waals surface area (Å²) in [6, 6.07) is 11.8. The highest BCUT2D eigenvalue weighted by Crippen LogP contribution is 2.06. The zero-order chi connectivity index (χ0) is 14.4. The summed E-state index contributed by atoms with van der Waals surface area (Å²) in [5, 5.41) is 2.61. The Morgan fingerprint density at radius 2 is 1.95 bits per heavy atom. The van der Waals surface area contributed by atoms with E-state index in [1.807, 2.05) is 30.3 Å². The molecule has 2 aromatic rings. The van der Waals surface area contributed by atoms with Crippen molar-refractivity contribution in [2.45, 2.75) is 12.5 Å². The van der Waals surface area contributed by atoms with Crippen LogP contribution in [0.25, 0.3) is 0 Å². The van der Waals surface area contributed by atoms with Crippen LogP contribution in [0.15, 0.2) is 53.1 Å². The minimum absolute atomic E-state index is 0.159. The lowest BCUT2D eigenvalue weighted by molar-refractivity contribution is -0.142. The number of amides is 1. The van der Waals surface area contributed by atoms with Crippen molar-refractivity contribution in [1.29, 1.82) is 0 Å². The minimum atomic E-state index is -0.750. The molecule has 0 aliphatic carbocycles. The van der Waals surface area contributed by atoms with Crippen molar-refractivity contribution in [1.82, 2.24) is 5.32 Å². The molecule has 1 heterocycles. The first-order valence-corrected chi connectivity index (χ1v) is 6.17. The monoisotopic (exact) mass is 273 g/mol. The molecule has 0 saturated carbocycles. The lowest BCUT2D eigenvalue weighted by Crippen LogP contribution is -2.42. The Kier molecular flexibility index (Phi) is 4.55. The van der Waals surface area contributed by atoms with Gasteiger partial charge >= 0.3 is 5.97 Å². The number of methoxy groups -OCH3 is 1. The van der Waals surface area contributed by atoms with Crippen LogP contribution in [-0.2, 0) is 16.0 Å². The maximum atomic E-state index is 11.9. The summed E-state index contributed by atoms with van der Waals surface area (Å²) < 4.78 is 9.71. The van der Waals surface area contributed by atoms with Crippen molar-refractivity contribution in [3.05, 3.63) is 60.1 Å². The van der Waals surface area contributed by atoms with E-state index in [4.69, 9.17) is 9.15 Å².